The second kappa shape index (κ2) is 19.2. The fourth-order valence-electron chi connectivity index (χ4n) is 5.18. The van der Waals surface area contributed by atoms with Gasteiger partial charge in [-0.2, -0.15) is 0 Å². The van der Waals surface area contributed by atoms with Gasteiger partial charge in [-0.15, -0.1) is 0 Å². The summed E-state index contributed by atoms with van der Waals surface area (Å²) in [7, 11) is 1.67. The average Bonchev–Trinajstić information content (AvgIpc) is 3.10. The van der Waals surface area contributed by atoms with Crippen LogP contribution in [-0.2, 0) is 6.42 Å². The Labute approximate surface area is 276 Å². The number of benzene rings is 4. The Hall–Kier alpha value is -4.38. The lowest BCUT2D eigenvalue weighted by molar-refractivity contribution is 0.285. The molecule has 0 amide bonds. The van der Waals surface area contributed by atoms with Gasteiger partial charge < -0.3 is 14.2 Å². The second-order valence-corrected chi connectivity index (χ2v) is 11.6. The van der Waals surface area contributed by atoms with Gasteiger partial charge in [-0.3, -0.25) is 9.98 Å². The summed E-state index contributed by atoms with van der Waals surface area (Å²) in [5, 5.41) is 0. The monoisotopic (exact) mass is 618 g/mol. The number of unbranched alkanes of at least 4 members (excludes halogenated alkanes) is 6. The van der Waals surface area contributed by atoms with Crippen molar-refractivity contribution in [1.29, 1.82) is 0 Å². The molecule has 4 aromatic rings. The van der Waals surface area contributed by atoms with Crippen molar-refractivity contribution in [2.24, 2.45) is 9.98 Å². The van der Waals surface area contributed by atoms with E-state index in [0.717, 1.165) is 76.7 Å². The molecule has 5 nitrogen and oxygen atoms in total. The van der Waals surface area contributed by atoms with Crippen LogP contribution < -0.4 is 14.2 Å². The molecule has 0 heterocycles. The van der Waals surface area contributed by atoms with Gasteiger partial charge in [-0.05, 0) is 108 Å². The lowest BCUT2D eigenvalue weighted by atomic mass is 10.1. The van der Waals surface area contributed by atoms with Crippen molar-refractivity contribution in [2.45, 2.75) is 78.6 Å². The van der Waals surface area contributed by atoms with E-state index in [4.69, 9.17) is 19.2 Å². The fraction of sp³-hybridized carbons (Fsp3) is 0.366. The summed E-state index contributed by atoms with van der Waals surface area (Å²) in [5.41, 5.74) is 7.34. The van der Waals surface area contributed by atoms with E-state index < -0.39 is 0 Å². The molecule has 0 saturated carbocycles. The molecule has 0 spiro atoms. The third-order valence-electron chi connectivity index (χ3n) is 7.96. The summed E-state index contributed by atoms with van der Waals surface area (Å²) < 4.78 is 17.6. The first-order valence-electron chi connectivity index (χ1n) is 17.0. The standard InChI is InChI=1S/C41H50N2O3/c1-5-8-10-12-26-45-39-24-14-32(28-34(39)7-3)30-42-37-20-16-35(17-21-37)36-18-22-38(23-19-36)43-31-33-15-25-40(41(29-33)44-4)46-27-13-11-9-6-2/h14-25,28-31H,5-13,26-27H2,1-4H3. The van der Waals surface area contributed by atoms with Crippen LogP contribution in [0.1, 0.15) is 88.8 Å². The Bertz CT molecular complexity index is 1410. The average molecular weight is 619 g/mol. The molecule has 0 aromatic heterocycles. The Morgan fingerprint density at radius 3 is 1.52 bits per heavy atom. The first kappa shape index (κ1) is 34.5. The highest BCUT2D eigenvalue weighted by Gasteiger charge is 2.06. The summed E-state index contributed by atoms with van der Waals surface area (Å²) in [4.78, 5) is 9.39. The summed E-state index contributed by atoms with van der Waals surface area (Å²) in [5.74, 6) is 2.49. The normalized spacial score (nSPS) is 11.4. The maximum atomic E-state index is 6.06. The molecule has 0 aliphatic heterocycles. The molecule has 0 unspecified atom stereocenters. The molecule has 46 heavy (non-hydrogen) atoms. The molecule has 4 rings (SSSR count). The van der Waals surface area contributed by atoms with Gasteiger partial charge in [-0.1, -0.05) is 83.6 Å². The van der Waals surface area contributed by atoms with E-state index in [-0.39, 0.29) is 0 Å². The summed E-state index contributed by atoms with van der Waals surface area (Å²) in [6, 6.07) is 28.9. The van der Waals surface area contributed by atoms with Gasteiger partial charge in [0.2, 0.25) is 0 Å². The highest BCUT2D eigenvalue weighted by molar-refractivity contribution is 5.84. The zero-order valence-corrected chi connectivity index (χ0v) is 28.1. The lowest BCUT2D eigenvalue weighted by Crippen LogP contribution is -2.00. The molecule has 0 saturated heterocycles. The number of nitrogens with zero attached hydrogens (tertiary/aromatic N) is 2. The van der Waals surface area contributed by atoms with Crippen LogP contribution in [0.25, 0.3) is 11.1 Å². The molecule has 0 aliphatic rings. The van der Waals surface area contributed by atoms with Crippen molar-refractivity contribution in [1.82, 2.24) is 0 Å². The SMILES string of the molecule is CCCCCCOc1ccc(C=Nc2ccc(-c3ccc(N=Cc4ccc(OCCCCCC)c(OC)c4)cc3)cc2)cc1CC. The lowest BCUT2D eigenvalue weighted by Gasteiger charge is -2.11. The highest BCUT2D eigenvalue weighted by Crippen LogP contribution is 2.29. The van der Waals surface area contributed by atoms with Gasteiger partial charge in [0.1, 0.15) is 5.75 Å². The number of aryl methyl sites for hydroxylation is 1. The van der Waals surface area contributed by atoms with Crippen LogP contribution >= 0.6 is 0 Å². The number of aliphatic imine (C=N–C) groups is 2. The number of methoxy groups -OCH3 is 1. The highest BCUT2D eigenvalue weighted by atomic mass is 16.5. The van der Waals surface area contributed by atoms with Gasteiger partial charge in [0.05, 0.1) is 31.7 Å². The van der Waals surface area contributed by atoms with Crippen LogP contribution in [0.3, 0.4) is 0 Å². The Morgan fingerprint density at radius 2 is 1.02 bits per heavy atom. The molecule has 4 aromatic carbocycles. The third-order valence-corrected chi connectivity index (χ3v) is 7.96. The van der Waals surface area contributed by atoms with Crippen LogP contribution in [0.2, 0.25) is 0 Å². The predicted molar refractivity (Wildman–Crippen MR) is 194 cm³/mol. The first-order chi connectivity index (χ1) is 22.6. The first-order valence-corrected chi connectivity index (χ1v) is 17.0. The summed E-state index contributed by atoms with van der Waals surface area (Å²) in [6.07, 6.45) is 14.3. The van der Waals surface area contributed by atoms with Crippen molar-refractivity contribution in [3.63, 3.8) is 0 Å². The second-order valence-electron chi connectivity index (χ2n) is 11.6. The number of ether oxygens (including phenoxy) is 3. The molecule has 0 atom stereocenters. The van der Waals surface area contributed by atoms with Crippen molar-refractivity contribution >= 4 is 23.8 Å². The van der Waals surface area contributed by atoms with Gasteiger partial charge in [0.15, 0.2) is 11.5 Å². The smallest absolute Gasteiger partial charge is 0.161 e. The minimum absolute atomic E-state index is 0.704. The Kier molecular flexibility index (Phi) is 14.4. The maximum Gasteiger partial charge on any atom is 0.161 e. The molecule has 0 N–H and O–H groups in total. The van der Waals surface area contributed by atoms with Gasteiger partial charge in [0.25, 0.3) is 0 Å². The zero-order chi connectivity index (χ0) is 32.4. The van der Waals surface area contributed by atoms with Crippen LogP contribution in [-0.4, -0.2) is 32.8 Å². The number of hydrogen-bond acceptors (Lipinski definition) is 5. The van der Waals surface area contributed by atoms with E-state index in [1.54, 1.807) is 7.11 Å². The van der Waals surface area contributed by atoms with Crippen LogP contribution in [0.5, 0.6) is 17.2 Å². The maximum absolute atomic E-state index is 6.06. The van der Waals surface area contributed by atoms with Crippen LogP contribution in [0.15, 0.2) is 94.9 Å². The summed E-state index contributed by atoms with van der Waals surface area (Å²) >= 11 is 0. The molecule has 242 valence electrons. The molecule has 5 heteroatoms. The minimum atomic E-state index is 0.704. The van der Waals surface area contributed by atoms with E-state index in [9.17, 15) is 0 Å². The van der Waals surface area contributed by atoms with Gasteiger partial charge in [-0.25, -0.2) is 0 Å². The van der Waals surface area contributed by atoms with E-state index >= 15 is 0 Å². The predicted octanol–water partition coefficient (Wildman–Crippen LogP) is 11.3. The van der Waals surface area contributed by atoms with Gasteiger partial charge >= 0.3 is 0 Å². The Morgan fingerprint density at radius 1 is 0.522 bits per heavy atom. The largest absolute Gasteiger partial charge is 0.493 e. The number of hydrogen-bond donors (Lipinski definition) is 0. The summed E-state index contributed by atoms with van der Waals surface area (Å²) in [6.45, 7) is 8.09. The van der Waals surface area contributed by atoms with Crippen LogP contribution in [0.4, 0.5) is 11.4 Å². The molecule has 0 aliphatic carbocycles. The third kappa shape index (κ3) is 10.9. The topological polar surface area (TPSA) is 52.4 Å². The van der Waals surface area contributed by atoms with E-state index in [2.05, 4.69) is 80.4 Å². The molecular weight excluding hydrogens is 568 g/mol. The molecule has 0 bridgehead atoms. The fourth-order valence-corrected chi connectivity index (χ4v) is 5.18. The number of rotatable bonds is 19. The van der Waals surface area contributed by atoms with Gasteiger partial charge in [0, 0.05) is 12.4 Å². The minimum Gasteiger partial charge on any atom is -0.493 e. The quantitative estimate of drug-likeness (QED) is 0.0776. The van der Waals surface area contributed by atoms with Crippen molar-refractivity contribution in [2.75, 3.05) is 20.3 Å². The van der Waals surface area contributed by atoms with Crippen LogP contribution in [0, 0.1) is 0 Å². The van der Waals surface area contributed by atoms with E-state index in [1.165, 1.54) is 44.1 Å². The van der Waals surface area contributed by atoms with E-state index in [0.29, 0.717) is 6.61 Å². The molecule has 0 fully saturated rings. The Balaban J connectivity index is 1.31. The molecular formula is C41H50N2O3. The van der Waals surface area contributed by atoms with E-state index in [1.807, 2.05) is 42.8 Å². The van der Waals surface area contributed by atoms with Crippen molar-refractivity contribution < 1.29 is 14.2 Å². The molecule has 0 radical (unpaired) electrons. The van der Waals surface area contributed by atoms with Crippen molar-refractivity contribution in [3.8, 4) is 28.4 Å². The van der Waals surface area contributed by atoms with Crippen molar-refractivity contribution in [3.05, 3.63) is 102 Å². The zero-order valence-electron chi connectivity index (χ0n) is 28.1.